The standard InChI is InChI=1S/C16H22O/c1-2-3-13-17-16-11-9-15(10-12-16)14-7-5-4-6-8-14/h7,9-12H,2-6,8,13H2,1H3. The van der Waals surface area contributed by atoms with E-state index in [1.54, 1.807) is 0 Å². The van der Waals surface area contributed by atoms with Crippen molar-refractivity contribution in [2.75, 3.05) is 6.61 Å². The molecule has 0 aliphatic heterocycles. The topological polar surface area (TPSA) is 9.23 Å². The fourth-order valence-electron chi connectivity index (χ4n) is 2.20. The van der Waals surface area contributed by atoms with Gasteiger partial charge in [-0.15, -0.1) is 0 Å². The minimum absolute atomic E-state index is 0.832. The molecule has 0 N–H and O–H groups in total. The smallest absolute Gasteiger partial charge is 0.119 e. The van der Waals surface area contributed by atoms with Crippen LogP contribution in [0.1, 0.15) is 51.0 Å². The first-order valence-electron chi connectivity index (χ1n) is 6.82. The number of hydrogen-bond donors (Lipinski definition) is 0. The van der Waals surface area contributed by atoms with Crippen molar-refractivity contribution in [3.05, 3.63) is 35.9 Å². The van der Waals surface area contributed by atoms with E-state index in [0.717, 1.165) is 18.8 Å². The highest BCUT2D eigenvalue weighted by Crippen LogP contribution is 2.27. The Balaban J connectivity index is 1.95. The van der Waals surface area contributed by atoms with Crippen LogP contribution in [0.5, 0.6) is 5.75 Å². The van der Waals surface area contributed by atoms with E-state index in [4.69, 9.17) is 4.74 Å². The van der Waals surface area contributed by atoms with Crippen molar-refractivity contribution in [3.8, 4) is 5.75 Å². The van der Waals surface area contributed by atoms with Crippen molar-refractivity contribution in [2.45, 2.75) is 45.4 Å². The molecule has 0 heterocycles. The zero-order valence-electron chi connectivity index (χ0n) is 10.7. The largest absolute Gasteiger partial charge is 0.494 e. The van der Waals surface area contributed by atoms with Gasteiger partial charge in [0.2, 0.25) is 0 Å². The maximum atomic E-state index is 5.67. The van der Waals surface area contributed by atoms with Gasteiger partial charge in [0.25, 0.3) is 0 Å². The Hall–Kier alpha value is -1.24. The van der Waals surface area contributed by atoms with Gasteiger partial charge in [-0.2, -0.15) is 0 Å². The van der Waals surface area contributed by atoms with E-state index >= 15 is 0 Å². The lowest BCUT2D eigenvalue weighted by molar-refractivity contribution is 0.309. The van der Waals surface area contributed by atoms with Crippen LogP contribution in [0, 0.1) is 0 Å². The van der Waals surface area contributed by atoms with Crippen LogP contribution in [0.2, 0.25) is 0 Å². The van der Waals surface area contributed by atoms with E-state index in [1.165, 1.54) is 43.2 Å². The van der Waals surface area contributed by atoms with Gasteiger partial charge in [0.05, 0.1) is 6.61 Å². The molecule has 0 amide bonds. The highest BCUT2D eigenvalue weighted by Gasteiger charge is 2.05. The molecule has 1 nitrogen and oxygen atoms in total. The predicted octanol–water partition coefficient (Wildman–Crippen LogP) is 4.82. The number of rotatable bonds is 5. The fourth-order valence-corrected chi connectivity index (χ4v) is 2.20. The number of unbranched alkanes of at least 4 members (excludes halogenated alkanes) is 1. The van der Waals surface area contributed by atoms with Crippen molar-refractivity contribution in [2.24, 2.45) is 0 Å². The van der Waals surface area contributed by atoms with Crippen LogP contribution < -0.4 is 4.74 Å². The van der Waals surface area contributed by atoms with Crippen LogP contribution >= 0.6 is 0 Å². The third-order valence-electron chi connectivity index (χ3n) is 3.28. The minimum atomic E-state index is 0.832. The molecule has 0 unspecified atom stereocenters. The molecule has 0 aromatic heterocycles. The highest BCUT2D eigenvalue weighted by molar-refractivity contribution is 5.66. The molecular weight excluding hydrogens is 208 g/mol. The SMILES string of the molecule is CCCCOc1ccc(C2=CCCCC2)cc1. The molecule has 1 aromatic rings. The fraction of sp³-hybridized carbons (Fsp3) is 0.500. The van der Waals surface area contributed by atoms with Crippen molar-refractivity contribution in [3.63, 3.8) is 0 Å². The third-order valence-corrected chi connectivity index (χ3v) is 3.28. The van der Waals surface area contributed by atoms with Crippen LogP contribution in [0.4, 0.5) is 0 Å². The summed E-state index contributed by atoms with van der Waals surface area (Å²) in [6.45, 7) is 3.01. The quantitative estimate of drug-likeness (QED) is 0.659. The van der Waals surface area contributed by atoms with Crippen LogP contribution in [0.25, 0.3) is 5.57 Å². The predicted molar refractivity (Wildman–Crippen MR) is 73.3 cm³/mol. The monoisotopic (exact) mass is 230 g/mol. The van der Waals surface area contributed by atoms with Crippen LogP contribution in [0.3, 0.4) is 0 Å². The molecule has 0 saturated heterocycles. The van der Waals surface area contributed by atoms with E-state index < -0.39 is 0 Å². The number of hydrogen-bond acceptors (Lipinski definition) is 1. The van der Waals surface area contributed by atoms with Gasteiger partial charge in [-0.1, -0.05) is 31.6 Å². The Morgan fingerprint density at radius 3 is 2.59 bits per heavy atom. The molecule has 1 heteroatoms. The van der Waals surface area contributed by atoms with Crippen LogP contribution in [0.15, 0.2) is 30.3 Å². The Morgan fingerprint density at radius 1 is 1.12 bits per heavy atom. The molecule has 0 fully saturated rings. The molecule has 0 saturated carbocycles. The number of allylic oxidation sites excluding steroid dienone is 2. The maximum Gasteiger partial charge on any atom is 0.119 e. The summed E-state index contributed by atoms with van der Waals surface area (Å²) >= 11 is 0. The second-order valence-corrected chi connectivity index (χ2v) is 4.70. The first kappa shape index (κ1) is 12.2. The Kier molecular flexibility index (Phi) is 4.66. The van der Waals surface area contributed by atoms with Gasteiger partial charge >= 0.3 is 0 Å². The number of benzene rings is 1. The van der Waals surface area contributed by atoms with Crippen molar-refractivity contribution >= 4 is 5.57 Å². The summed E-state index contributed by atoms with van der Waals surface area (Å²) in [4.78, 5) is 0. The first-order valence-corrected chi connectivity index (χ1v) is 6.82. The van der Waals surface area contributed by atoms with E-state index in [-0.39, 0.29) is 0 Å². The maximum absolute atomic E-state index is 5.67. The van der Waals surface area contributed by atoms with E-state index in [2.05, 4.69) is 37.3 Å². The van der Waals surface area contributed by atoms with Crippen molar-refractivity contribution < 1.29 is 4.74 Å². The lowest BCUT2D eigenvalue weighted by Crippen LogP contribution is -1.97. The van der Waals surface area contributed by atoms with E-state index in [9.17, 15) is 0 Å². The summed E-state index contributed by atoms with van der Waals surface area (Å²) in [5, 5.41) is 0. The Labute approximate surface area is 104 Å². The average Bonchev–Trinajstić information content (AvgIpc) is 2.41. The molecule has 1 aromatic carbocycles. The van der Waals surface area contributed by atoms with Crippen LogP contribution in [-0.2, 0) is 0 Å². The Bertz CT molecular complexity index is 362. The van der Waals surface area contributed by atoms with Crippen molar-refractivity contribution in [1.29, 1.82) is 0 Å². The molecule has 92 valence electrons. The van der Waals surface area contributed by atoms with Crippen molar-refractivity contribution in [1.82, 2.24) is 0 Å². The third kappa shape index (κ3) is 3.62. The van der Waals surface area contributed by atoms with E-state index in [1.807, 2.05) is 0 Å². The second-order valence-electron chi connectivity index (χ2n) is 4.70. The van der Waals surface area contributed by atoms with Gasteiger partial charge in [-0.3, -0.25) is 0 Å². The summed E-state index contributed by atoms with van der Waals surface area (Å²) in [7, 11) is 0. The van der Waals surface area contributed by atoms with Gasteiger partial charge in [0.15, 0.2) is 0 Å². The van der Waals surface area contributed by atoms with Crippen LogP contribution in [-0.4, -0.2) is 6.61 Å². The average molecular weight is 230 g/mol. The van der Waals surface area contributed by atoms with Gasteiger partial charge in [-0.25, -0.2) is 0 Å². The summed E-state index contributed by atoms with van der Waals surface area (Å²) < 4.78 is 5.67. The normalized spacial score (nSPS) is 15.5. The lowest BCUT2D eigenvalue weighted by Gasteiger charge is -2.13. The van der Waals surface area contributed by atoms with Gasteiger partial charge < -0.3 is 4.74 Å². The lowest BCUT2D eigenvalue weighted by atomic mass is 9.94. The second kappa shape index (κ2) is 6.48. The zero-order chi connectivity index (χ0) is 11.9. The summed E-state index contributed by atoms with van der Waals surface area (Å²) in [6.07, 6.45) is 9.86. The molecule has 1 aliphatic carbocycles. The summed E-state index contributed by atoms with van der Waals surface area (Å²) in [6, 6.07) is 8.58. The molecule has 17 heavy (non-hydrogen) atoms. The Morgan fingerprint density at radius 2 is 1.94 bits per heavy atom. The van der Waals surface area contributed by atoms with E-state index in [0.29, 0.717) is 0 Å². The number of ether oxygens (including phenoxy) is 1. The van der Waals surface area contributed by atoms with Gasteiger partial charge in [0, 0.05) is 0 Å². The molecule has 2 rings (SSSR count). The summed E-state index contributed by atoms with van der Waals surface area (Å²) in [5.74, 6) is 0.999. The molecule has 1 aliphatic rings. The molecule has 0 bridgehead atoms. The van der Waals surface area contributed by atoms with Gasteiger partial charge in [0.1, 0.15) is 5.75 Å². The molecular formula is C16H22O. The zero-order valence-corrected chi connectivity index (χ0v) is 10.7. The minimum Gasteiger partial charge on any atom is -0.494 e. The highest BCUT2D eigenvalue weighted by atomic mass is 16.5. The first-order chi connectivity index (χ1) is 8.40. The molecule has 0 spiro atoms. The summed E-state index contributed by atoms with van der Waals surface area (Å²) in [5.41, 5.74) is 2.88. The molecule has 0 radical (unpaired) electrons. The molecule has 0 atom stereocenters. The van der Waals surface area contributed by atoms with Gasteiger partial charge in [-0.05, 0) is 55.4 Å².